The van der Waals surface area contributed by atoms with E-state index in [4.69, 9.17) is 10.8 Å². The predicted molar refractivity (Wildman–Crippen MR) is 91.0 cm³/mol. The second kappa shape index (κ2) is 5.60. The third kappa shape index (κ3) is 2.41. The quantitative estimate of drug-likeness (QED) is 0.622. The lowest BCUT2D eigenvalue weighted by Crippen LogP contribution is -2.24. The zero-order chi connectivity index (χ0) is 17.5. The van der Waals surface area contributed by atoms with Gasteiger partial charge in [0.2, 0.25) is 0 Å². The molecule has 1 aromatic rings. The number of aryl methyl sites for hydroxylation is 1. The summed E-state index contributed by atoms with van der Waals surface area (Å²) in [6.07, 6.45) is 10.8. The van der Waals surface area contributed by atoms with Crippen molar-refractivity contribution in [1.82, 2.24) is 0 Å². The summed E-state index contributed by atoms with van der Waals surface area (Å²) in [4.78, 5) is 12.1. The van der Waals surface area contributed by atoms with Crippen LogP contribution in [-0.2, 0) is 17.6 Å². The summed E-state index contributed by atoms with van der Waals surface area (Å²) in [5.41, 5.74) is 0.798. The summed E-state index contributed by atoms with van der Waals surface area (Å²) in [6, 6.07) is 1.93. The molecule has 1 heterocycles. The number of carboxylic acids is 1. The van der Waals surface area contributed by atoms with Crippen molar-refractivity contribution in [3.05, 3.63) is 35.3 Å². The molecule has 124 valence electrons. The Bertz CT molecular complexity index is 682. The van der Waals surface area contributed by atoms with Crippen molar-refractivity contribution in [2.24, 2.45) is 16.2 Å². The molecule has 1 fully saturated rings. The molecule has 2 atom stereocenters. The molecule has 23 heavy (non-hydrogen) atoms. The Hall–Kier alpha value is -1.95. The molecule has 0 bridgehead atoms. The molecule has 2 unspecified atom stereocenters. The van der Waals surface area contributed by atoms with Crippen LogP contribution in [0.1, 0.15) is 52.4 Å². The van der Waals surface area contributed by atoms with E-state index < -0.39 is 11.4 Å². The second-order valence-corrected chi connectivity index (χ2v) is 7.56. The van der Waals surface area contributed by atoms with E-state index in [2.05, 4.69) is 32.8 Å². The fraction of sp³-hybridized carbons (Fsp3) is 0.550. The van der Waals surface area contributed by atoms with Gasteiger partial charge in [0, 0.05) is 5.41 Å². The Labute approximate surface area is 138 Å². The highest BCUT2D eigenvalue weighted by Gasteiger charge is 2.82. The van der Waals surface area contributed by atoms with Gasteiger partial charge in [-0.1, -0.05) is 38.3 Å². The maximum atomic E-state index is 12.1. The molecule has 0 spiro atoms. The van der Waals surface area contributed by atoms with E-state index >= 15 is 0 Å². The topological polar surface area (TPSA) is 50.4 Å². The number of rotatable bonds is 6. The lowest BCUT2D eigenvalue weighted by Gasteiger charge is -2.16. The molecular formula is C20H26O3. The molecule has 0 aliphatic heterocycles. The Morgan fingerprint density at radius 2 is 2.04 bits per heavy atom. The van der Waals surface area contributed by atoms with Crippen LogP contribution < -0.4 is 0 Å². The first-order valence-corrected chi connectivity index (χ1v) is 8.01. The van der Waals surface area contributed by atoms with Crippen molar-refractivity contribution in [2.45, 2.75) is 53.9 Å². The molecular weight excluding hydrogens is 288 g/mol. The van der Waals surface area contributed by atoms with Crippen molar-refractivity contribution in [2.75, 3.05) is 0 Å². The van der Waals surface area contributed by atoms with Gasteiger partial charge in [0.1, 0.15) is 5.76 Å². The van der Waals surface area contributed by atoms with Crippen molar-refractivity contribution < 1.29 is 14.3 Å². The highest BCUT2D eigenvalue weighted by atomic mass is 16.4. The van der Waals surface area contributed by atoms with Gasteiger partial charge in [-0.15, -0.1) is 6.42 Å². The zero-order valence-corrected chi connectivity index (χ0v) is 14.7. The first-order valence-electron chi connectivity index (χ1n) is 8.01. The van der Waals surface area contributed by atoms with Crippen LogP contribution in [0.15, 0.2) is 28.4 Å². The molecule has 0 amide bonds. The fourth-order valence-electron chi connectivity index (χ4n) is 4.37. The normalized spacial score (nSPS) is 28.0. The Morgan fingerprint density at radius 1 is 1.39 bits per heavy atom. The van der Waals surface area contributed by atoms with Crippen molar-refractivity contribution in [3.8, 4) is 12.3 Å². The summed E-state index contributed by atoms with van der Waals surface area (Å²) in [5, 5.41) is 9.98. The van der Waals surface area contributed by atoms with Crippen LogP contribution in [0.4, 0.5) is 0 Å². The SMILES string of the molecule is C#CCc1cc(CCC2(C(=O)O)C(C)(C)C2(C)C=C(C)C)co1. The number of hydrogen-bond donors (Lipinski definition) is 1. The van der Waals surface area contributed by atoms with Gasteiger partial charge >= 0.3 is 5.97 Å². The molecule has 1 N–H and O–H groups in total. The second-order valence-electron chi connectivity index (χ2n) is 7.56. The van der Waals surface area contributed by atoms with E-state index in [1.165, 1.54) is 0 Å². The average Bonchev–Trinajstić information content (AvgIpc) is 2.75. The van der Waals surface area contributed by atoms with E-state index in [9.17, 15) is 9.90 Å². The van der Waals surface area contributed by atoms with Crippen molar-refractivity contribution in [3.63, 3.8) is 0 Å². The lowest BCUT2D eigenvalue weighted by atomic mass is 9.87. The fourth-order valence-corrected chi connectivity index (χ4v) is 4.37. The van der Waals surface area contributed by atoms with Crippen LogP contribution in [0.25, 0.3) is 0 Å². The summed E-state index contributed by atoms with van der Waals surface area (Å²) in [6.45, 7) is 10.2. The largest absolute Gasteiger partial charge is 0.481 e. The van der Waals surface area contributed by atoms with E-state index in [0.717, 1.165) is 16.9 Å². The number of carbonyl (C=O) groups is 1. The molecule has 2 rings (SSSR count). The van der Waals surface area contributed by atoms with Gasteiger partial charge in [-0.05, 0) is 43.7 Å². The first kappa shape index (κ1) is 17.4. The number of aliphatic carboxylic acids is 1. The summed E-state index contributed by atoms with van der Waals surface area (Å²) in [7, 11) is 0. The van der Waals surface area contributed by atoms with Crippen LogP contribution in [0, 0.1) is 28.6 Å². The molecule has 1 aromatic heterocycles. The van der Waals surface area contributed by atoms with Gasteiger partial charge in [-0.2, -0.15) is 0 Å². The highest BCUT2D eigenvalue weighted by Crippen LogP contribution is 2.80. The van der Waals surface area contributed by atoms with Gasteiger partial charge in [-0.25, -0.2) is 0 Å². The van der Waals surface area contributed by atoms with Crippen LogP contribution >= 0.6 is 0 Å². The molecule has 1 aliphatic carbocycles. The summed E-state index contributed by atoms with van der Waals surface area (Å²) >= 11 is 0. The van der Waals surface area contributed by atoms with Gasteiger partial charge in [-0.3, -0.25) is 4.79 Å². The molecule has 1 saturated carbocycles. The van der Waals surface area contributed by atoms with Crippen LogP contribution in [0.5, 0.6) is 0 Å². The minimum absolute atomic E-state index is 0.283. The number of carboxylic acid groups (broad SMARTS) is 1. The van der Waals surface area contributed by atoms with E-state index in [0.29, 0.717) is 19.3 Å². The Kier molecular flexibility index (Phi) is 4.24. The Balaban J connectivity index is 2.25. The van der Waals surface area contributed by atoms with Crippen molar-refractivity contribution >= 4 is 5.97 Å². The van der Waals surface area contributed by atoms with Gasteiger partial charge < -0.3 is 9.52 Å². The van der Waals surface area contributed by atoms with Crippen LogP contribution in [0.3, 0.4) is 0 Å². The molecule has 3 nitrogen and oxygen atoms in total. The first-order chi connectivity index (χ1) is 10.6. The number of terminal acetylenes is 1. The van der Waals surface area contributed by atoms with Crippen LogP contribution in [-0.4, -0.2) is 11.1 Å². The maximum absolute atomic E-state index is 12.1. The van der Waals surface area contributed by atoms with E-state index in [-0.39, 0.29) is 10.8 Å². The molecule has 0 saturated heterocycles. The molecule has 1 aliphatic rings. The maximum Gasteiger partial charge on any atom is 0.311 e. The minimum atomic E-state index is -0.749. The predicted octanol–water partition coefficient (Wildman–Crippen LogP) is 4.47. The summed E-state index contributed by atoms with van der Waals surface area (Å²) < 4.78 is 5.42. The third-order valence-corrected chi connectivity index (χ3v) is 5.90. The van der Waals surface area contributed by atoms with Gasteiger partial charge in [0.05, 0.1) is 18.1 Å². The minimum Gasteiger partial charge on any atom is -0.481 e. The van der Waals surface area contributed by atoms with E-state index in [1.807, 2.05) is 19.9 Å². The standard InChI is InChI=1S/C20H26O3/c1-7-8-16-11-15(13-23-16)9-10-20(17(21)22)18(4,5)19(20,6)12-14(2)3/h1,11-13H,8-10H2,2-6H3,(H,21,22). The smallest absolute Gasteiger partial charge is 0.311 e. The monoisotopic (exact) mass is 314 g/mol. The third-order valence-electron chi connectivity index (χ3n) is 5.90. The Morgan fingerprint density at radius 3 is 2.57 bits per heavy atom. The van der Waals surface area contributed by atoms with Crippen LogP contribution in [0.2, 0.25) is 0 Å². The molecule has 3 heteroatoms. The molecule has 0 aromatic carbocycles. The number of allylic oxidation sites excluding steroid dienone is 2. The lowest BCUT2D eigenvalue weighted by molar-refractivity contribution is -0.145. The van der Waals surface area contributed by atoms with Gasteiger partial charge in [0.15, 0.2) is 0 Å². The average molecular weight is 314 g/mol. The van der Waals surface area contributed by atoms with E-state index in [1.54, 1.807) is 6.26 Å². The van der Waals surface area contributed by atoms with Crippen molar-refractivity contribution in [1.29, 1.82) is 0 Å². The zero-order valence-electron chi connectivity index (χ0n) is 14.7. The number of furan rings is 1. The number of hydrogen-bond acceptors (Lipinski definition) is 2. The summed E-state index contributed by atoms with van der Waals surface area (Å²) in [5.74, 6) is 2.60. The van der Waals surface area contributed by atoms with Gasteiger partial charge in [0.25, 0.3) is 0 Å². The molecule has 0 radical (unpaired) electrons. The highest BCUT2D eigenvalue weighted by molar-refractivity contribution is 5.83.